The Labute approximate surface area is 211 Å². The van der Waals surface area contributed by atoms with Crippen molar-refractivity contribution in [3.8, 4) is 5.75 Å². The van der Waals surface area contributed by atoms with Crippen molar-refractivity contribution in [3.05, 3.63) is 95.2 Å². The van der Waals surface area contributed by atoms with Crippen molar-refractivity contribution in [1.82, 2.24) is 0 Å². The third-order valence-corrected chi connectivity index (χ3v) is 7.49. The van der Waals surface area contributed by atoms with E-state index >= 15 is 0 Å². The Bertz CT molecular complexity index is 1290. The van der Waals surface area contributed by atoms with E-state index in [2.05, 4.69) is 58.0 Å². The second kappa shape index (κ2) is 9.70. The number of ether oxygens (including phenoxy) is 2. The van der Waals surface area contributed by atoms with Crippen molar-refractivity contribution in [1.29, 1.82) is 0 Å². The normalized spacial score (nSPS) is 21.6. The van der Waals surface area contributed by atoms with E-state index in [1.54, 1.807) is 7.11 Å². The minimum atomic E-state index is -0.221. The number of methoxy groups -OCH3 is 1. The first-order valence-corrected chi connectivity index (χ1v) is 12.7. The lowest BCUT2D eigenvalue weighted by atomic mass is 9.78. The quantitative estimate of drug-likeness (QED) is 0.512. The van der Waals surface area contributed by atoms with E-state index in [4.69, 9.17) is 9.47 Å². The molecule has 36 heavy (non-hydrogen) atoms. The molecule has 2 aliphatic heterocycles. The lowest BCUT2D eigenvalue weighted by Gasteiger charge is -2.31. The molecule has 3 aliphatic rings. The predicted octanol–water partition coefficient (Wildman–Crippen LogP) is 5.51. The fourth-order valence-electron chi connectivity index (χ4n) is 5.67. The van der Waals surface area contributed by atoms with Crippen LogP contribution in [-0.4, -0.2) is 39.2 Å². The number of nitrogens with one attached hydrogen (secondary N) is 2. The topological polar surface area (TPSA) is 62.8 Å². The molecular formula is C30H31N3O3. The first-order valence-electron chi connectivity index (χ1n) is 12.7. The fraction of sp³-hybridized carbons (Fsp3) is 0.300. The lowest BCUT2D eigenvalue weighted by molar-refractivity contribution is -0.116. The van der Waals surface area contributed by atoms with E-state index in [9.17, 15) is 4.79 Å². The summed E-state index contributed by atoms with van der Waals surface area (Å²) in [5, 5.41) is 7.31. The molecule has 2 N–H and O–H groups in total. The molecule has 6 nitrogen and oxygen atoms in total. The third kappa shape index (κ3) is 4.22. The Morgan fingerprint density at radius 3 is 2.39 bits per heavy atom. The number of fused-ring (bicyclic) bond motifs is 1. The molecule has 0 amide bonds. The number of hydrogen-bond acceptors (Lipinski definition) is 6. The minimum Gasteiger partial charge on any atom is -0.496 e. The van der Waals surface area contributed by atoms with E-state index in [0.717, 1.165) is 72.2 Å². The average Bonchev–Trinajstić information content (AvgIpc) is 3.10. The zero-order valence-electron chi connectivity index (χ0n) is 20.5. The molecule has 0 saturated carbocycles. The Morgan fingerprint density at radius 2 is 1.61 bits per heavy atom. The van der Waals surface area contributed by atoms with Gasteiger partial charge in [0.1, 0.15) is 5.75 Å². The highest BCUT2D eigenvalue weighted by molar-refractivity contribution is 6.01. The zero-order chi connectivity index (χ0) is 24.5. The van der Waals surface area contributed by atoms with Gasteiger partial charge in [-0.1, -0.05) is 42.5 Å². The number of para-hydroxylation sites is 3. The highest BCUT2D eigenvalue weighted by Gasteiger charge is 2.36. The monoisotopic (exact) mass is 481 g/mol. The summed E-state index contributed by atoms with van der Waals surface area (Å²) in [5.41, 5.74) is 7.16. The first kappa shape index (κ1) is 22.7. The van der Waals surface area contributed by atoms with Gasteiger partial charge >= 0.3 is 0 Å². The molecule has 1 saturated heterocycles. The van der Waals surface area contributed by atoms with Gasteiger partial charge in [0.15, 0.2) is 5.78 Å². The van der Waals surface area contributed by atoms with Crippen LogP contribution in [0.1, 0.15) is 35.9 Å². The first-order chi connectivity index (χ1) is 17.7. The second-order valence-corrected chi connectivity index (χ2v) is 9.60. The van der Waals surface area contributed by atoms with Crippen LogP contribution in [0.2, 0.25) is 0 Å². The number of hydrogen-bond donors (Lipinski definition) is 2. The largest absolute Gasteiger partial charge is 0.496 e. The van der Waals surface area contributed by atoms with Gasteiger partial charge < -0.3 is 25.0 Å². The molecule has 3 aromatic rings. The van der Waals surface area contributed by atoms with Crippen LogP contribution in [0.25, 0.3) is 0 Å². The van der Waals surface area contributed by atoms with Crippen molar-refractivity contribution in [2.45, 2.75) is 24.8 Å². The molecule has 2 atom stereocenters. The Hall–Kier alpha value is -3.77. The Balaban J connectivity index is 1.38. The minimum absolute atomic E-state index is 0.0644. The standard InChI is InChI=1S/C30H31N3O3/c1-35-28-9-5-2-6-23(28)21-18-26-29(27(34)19-21)30(32-25-8-4-3-7-24(25)31-26)20-10-12-22(13-11-20)33-14-16-36-17-15-33/h2-13,21,30-32H,14-19H2,1H3. The van der Waals surface area contributed by atoms with Crippen molar-refractivity contribution in [2.75, 3.05) is 48.9 Å². The third-order valence-electron chi connectivity index (χ3n) is 7.49. The fourth-order valence-corrected chi connectivity index (χ4v) is 5.67. The molecular weight excluding hydrogens is 450 g/mol. The van der Waals surface area contributed by atoms with Crippen molar-refractivity contribution in [3.63, 3.8) is 0 Å². The van der Waals surface area contributed by atoms with Crippen LogP contribution in [0, 0.1) is 0 Å². The number of anilines is 3. The summed E-state index contributed by atoms with van der Waals surface area (Å²) in [5.74, 6) is 1.07. The molecule has 6 heteroatoms. The number of Topliss-reactive ketones (excluding diaryl/α,β-unsaturated/α-hetero) is 1. The van der Waals surface area contributed by atoms with E-state index in [-0.39, 0.29) is 17.7 Å². The SMILES string of the molecule is COc1ccccc1C1CC(=O)C2=C(C1)Nc1ccccc1NC2c1ccc(N2CCOCC2)cc1. The Morgan fingerprint density at radius 1 is 0.889 bits per heavy atom. The number of benzene rings is 3. The summed E-state index contributed by atoms with van der Waals surface area (Å²) in [6.07, 6.45) is 1.21. The molecule has 0 spiro atoms. The molecule has 2 unspecified atom stereocenters. The summed E-state index contributed by atoms with van der Waals surface area (Å²) in [7, 11) is 1.69. The van der Waals surface area contributed by atoms with E-state index in [0.29, 0.717) is 6.42 Å². The maximum atomic E-state index is 13.8. The molecule has 0 aromatic heterocycles. The van der Waals surface area contributed by atoms with E-state index in [1.165, 1.54) is 5.69 Å². The van der Waals surface area contributed by atoms with Crippen LogP contribution in [0.15, 0.2) is 84.1 Å². The van der Waals surface area contributed by atoms with Gasteiger partial charge in [0.25, 0.3) is 0 Å². The van der Waals surface area contributed by atoms with Crippen LogP contribution in [0.5, 0.6) is 5.75 Å². The summed E-state index contributed by atoms with van der Waals surface area (Å²) in [6, 6.07) is 24.6. The maximum Gasteiger partial charge on any atom is 0.163 e. The van der Waals surface area contributed by atoms with Gasteiger partial charge in [0.05, 0.1) is 37.7 Å². The molecule has 0 radical (unpaired) electrons. The summed E-state index contributed by atoms with van der Waals surface area (Å²) < 4.78 is 11.1. The molecule has 1 fully saturated rings. The van der Waals surface area contributed by atoms with Crippen molar-refractivity contribution < 1.29 is 14.3 Å². The van der Waals surface area contributed by atoms with Gasteiger partial charge in [0, 0.05) is 42.4 Å². The summed E-state index contributed by atoms with van der Waals surface area (Å²) in [4.78, 5) is 16.2. The van der Waals surface area contributed by atoms with Gasteiger partial charge in [0.2, 0.25) is 0 Å². The highest BCUT2D eigenvalue weighted by Crippen LogP contribution is 2.45. The molecule has 1 aliphatic carbocycles. The van der Waals surface area contributed by atoms with Crippen LogP contribution in [0.3, 0.4) is 0 Å². The summed E-state index contributed by atoms with van der Waals surface area (Å²) in [6.45, 7) is 3.31. The lowest BCUT2D eigenvalue weighted by Crippen LogP contribution is -2.36. The molecule has 2 heterocycles. The number of nitrogens with zero attached hydrogens (tertiary/aromatic N) is 1. The Kier molecular flexibility index (Phi) is 6.11. The number of rotatable bonds is 4. The maximum absolute atomic E-state index is 13.8. The zero-order valence-corrected chi connectivity index (χ0v) is 20.5. The number of morpholine rings is 1. The number of ketones is 1. The van der Waals surface area contributed by atoms with Crippen LogP contribution >= 0.6 is 0 Å². The van der Waals surface area contributed by atoms with Gasteiger partial charge in [-0.05, 0) is 47.9 Å². The van der Waals surface area contributed by atoms with Crippen molar-refractivity contribution >= 4 is 22.8 Å². The predicted molar refractivity (Wildman–Crippen MR) is 143 cm³/mol. The van der Waals surface area contributed by atoms with Gasteiger partial charge in [-0.25, -0.2) is 0 Å². The van der Waals surface area contributed by atoms with Crippen LogP contribution < -0.4 is 20.3 Å². The van der Waals surface area contributed by atoms with Crippen LogP contribution in [0.4, 0.5) is 17.1 Å². The number of carbonyl (C=O) groups excluding carboxylic acids is 1. The number of carbonyl (C=O) groups is 1. The smallest absolute Gasteiger partial charge is 0.163 e. The molecule has 6 rings (SSSR count). The molecule has 0 bridgehead atoms. The van der Waals surface area contributed by atoms with E-state index < -0.39 is 0 Å². The van der Waals surface area contributed by atoms with E-state index in [1.807, 2.05) is 30.3 Å². The van der Waals surface area contributed by atoms with Gasteiger partial charge in [-0.3, -0.25) is 4.79 Å². The second-order valence-electron chi connectivity index (χ2n) is 9.60. The molecule has 3 aromatic carbocycles. The average molecular weight is 482 g/mol. The highest BCUT2D eigenvalue weighted by atomic mass is 16.5. The van der Waals surface area contributed by atoms with Crippen molar-refractivity contribution in [2.24, 2.45) is 0 Å². The molecule has 184 valence electrons. The van der Waals surface area contributed by atoms with Gasteiger partial charge in [-0.15, -0.1) is 0 Å². The summed E-state index contributed by atoms with van der Waals surface area (Å²) >= 11 is 0. The van der Waals surface area contributed by atoms with Gasteiger partial charge in [-0.2, -0.15) is 0 Å². The van der Waals surface area contributed by atoms with Crippen LogP contribution in [-0.2, 0) is 9.53 Å². The number of allylic oxidation sites excluding steroid dienone is 1.